The van der Waals surface area contributed by atoms with Crippen molar-refractivity contribution in [2.75, 3.05) is 11.9 Å². The molecule has 1 amide bonds. The third-order valence-corrected chi connectivity index (χ3v) is 4.18. The Morgan fingerprint density at radius 1 is 1.24 bits per heavy atom. The quantitative estimate of drug-likeness (QED) is 0.895. The Balaban J connectivity index is 1.85. The highest BCUT2D eigenvalue weighted by molar-refractivity contribution is 5.92. The summed E-state index contributed by atoms with van der Waals surface area (Å²) in [5, 5.41) is 5.48. The molecule has 0 spiro atoms. The molecule has 0 heterocycles. The van der Waals surface area contributed by atoms with Crippen molar-refractivity contribution in [3.05, 3.63) is 29.8 Å². The fourth-order valence-electron chi connectivity index (χ4n) is 2.99. The van der Waals surface area contributed by atoms with E-state index in [1.165, 1.54) is 6.07 Å². The number of nitrogens with one attached hydrogen (secondary N) is 2. The Hall–Kier alpha value is -1.49. The van der Waals surface area contributed by atoms with Gasteiger partial charge in [0.25, 0.3) is 0 Å². The molecule has 0 aliphatic heterocycles. The summed E-state index contributed by atoms with van der Waals surface area (Å²) in [6.07, 6.45) is 3.32. The van der Waals surface area contributed by atoms with Gasteiger partial charge in [-0.3, -0.25) is 4.79 Å². The van der Waals surface area contributed by atoms with Crippen LogP contribution in [0.25, 0.3) is 0 Å². The molecule has 1 aliphatic rings. The summed E-state index contributed by atoms with van der Waals surface area (Å²) in [7, 11) is 0. The summed E-state index contributed by atoms with van der Waals surface area (Å²) in [5.74, 6) is -0.720. The minimum absolute atomic E-state index is 0.0666. The summed E-state index contributed by atoms with van der Waals surface area (Å²) in [5.41, 5.74) is -0.380. The van der Waals surface area contributed by atoms with Crippen molar-refractivity contribution in [1.82, 2.24) is 5.32 Å². The zero-order valence-electron chi connectivity index (χ0n) is 12.5. The lowest BCUT2D eigenvalue weighted by molar-refractivity contribution is -0.115. The topological polar surface area (TPSA) is 41.1 Å². The van der Waals surface area contributed by atoms with Gasteiger partial charge in [0.2, 0.25) is 5.91 Å². The number of halogens is 2. The molecule has 0 saturated heterocycles. The van der Waals surface area contributed by atoms with E-state index in [2.05, 4.69) is 24.5 Å². The SMILES string of the molecule is CC1CCC(NCC(=O)Nc2c(F)cccc2F)C(C)C1. The number of hydrogen-bond donors (Lipinski definition) is 2. The molecule has 1 aliphatic carbocycles. The second-order valence-electron chi connectivity index (χ2n) is 6.03. The van der Waals surface area contributed by atoms with Crippen LogP contribution in [0.3, 0.4) is 0 Å². The van der Waals surface area contributed by atoms with Crippen LogP contribution in [0.5, 0.6) is 0 Å². The fraction of sp³-hybridized carbons (Fsp3) is 0.562. The fourth-order valence-corrected chi connectivity index (χ4v) is 2.99. The third-order valence-electron chi connectivity index (χ3n) is 4.18. The number of rotatable bonds is 4. The molecule has 2 N–H and O–H groups in total. The van der Waals surface area contributed by atoms with Gasteiger partial charge in [-0.25, -0.2) is 8.78 Å². The molecular formula is C16H22F2N2O. The second kappa shape index (κ2) is 6.98. The minimum atomic E-state index is -0.761. The van der Waals surface area contributed by atoms with E-state index in [9.17, 15) is 13.6 Å². The maximum Gasteiger partial charge on any atom is 0.238 e. The molecule has 5 heteroatoms. The number of amides is 1. The predicted octanol–water partition coefficient (Wildman–Crippen LogP) is 3.32. The Labute approximate surface area is 124 Å². The predicted molar refractivity (Wildman–Crippen MR) is 79.0 cm³/mol. The molecule has 3 atom stereocenters. The lowest BCUT2D eigenvalue weighted by Gasteiger charge is -2.33. The van der Waals surface area contributed by atoms with Crippen LogP contribution in [-0.4, -0.2) is 18.5 Å². The van der Waals surface area contributed by atoms with E-state index in [4.69, 9.17) is 0 Å². The monoisotopic (exact) mass is 296 g/mol. The van der Waals surface area contributed by atoms with Gasteiger partial charge >= 0.3 is 0 Å². The van der Waals surface area contributed by atoms with Crippen LogP contribution in [-0.2, 0) is 4.79 Å². The van der Waals surface area contributed by atoms with Crippen molar-refractivity contribution in [3.63, 3.8) is 0 Å². The number of carbonyl (C=O) groups excluding carboxylic acids is 1. The number of para-hydroxylation sites is 1. The Bertz CT molecular complexity index is 487. The maximum atomic E-state index is 13.4. The molecule has 1 aromatic carbocycles. The van der Waals surface area contributed by atoms with Gasteiger partial charge in [0.15, 0.2) is 0 Å². The van der Waals surface area contributed by atoms with Crippen molar-refractivity contribution in [2.45, 2.75) is 39.2 Å². The minimum Gasteiger partial charge on any atom is -0.320 e. The van der Waals surface area contributed by atoms with E-state index >= 15 is 0 Å². The van der Waals surface area contributed by atoms with Gasteiger partial charge in [0, 0.05) is 6.04 Å². The molecular weight excluding hydrogens is 274 g/mol. The van der Waals surface area contributed by atoms with Crippen LogP contribution in [0.4, 0.5) is 14.5 Å². The number of benzene rings is 1. The Kier molecular flexibility index (Phi) is 5.28. The molecule has 3 unspecified atom stereocenters. The first-order valence-electron chi connectivity index (χ1n) is 7.44. The lowest BCUT2D eigenvalue weighted by atomic mass is 9.80. The highest BCUT2D eigenvalue weighted by Crippen LogP contribution is 2.28. The zero-order valence-corrected chi connectivity index (χ0v) is 12.5. The highest BCUT2D eigenvalue weighted by Gasteiger charge is 2.25. The molecule has 116 valence electrons. The van der Waals surface area contributed by atoms with Crippen molar-refractivity contribution in [3.8, 4) is 0 Å². The largest absolute Gasteiger partial charge is 0.320 e. The third kappa shape index (κ3) is 4.24. The van der Waals surface area contributed by atoms with Crippen LogP contribution < -0.4 is 10.6 Å². The average Bonchev–Trinajstić information content (AvgIpc) is 2.42. The lowest BCUT2D eigenvalue weighted by Crippen LogP contribution is -2.42. The molecule has 2 rings (SSSR count). The van der Waals surface area contributed by atoms with Gasteiger partial charge < -0.3 is 10.6 Å². The second-order valence-corrected chi connectivity index (χ2v) is 6.03. The summed E-state index contributed by atoms with van der Waals surface area (Å²) in [6.45, 7) is 4.47. The van der Waals surface area contributed by atoms with Crippen molar-refractivity contribution in [1.29, 1.82) is 0 Å². The van der Waals surface area contributed by atoms with Gasteiger partial charge in [-0.15, -0.1) is 0 Å². The van der Waals surface area contributed by atoms with Gasteiger partial charge in [-0.1, -0.05) is 19.9 Å². The molecule has 1 saturated carbocycles. The molecule has 0 bridgehead atoms. The molecule has 21 heavy (non-hydrogen) atoms. The van der Waals surface area contributed by atoms with Gasteiger partial charge in [0.05, 0.1) is 6.54 Å². The normalized spacial score (nSPS) is 25.6. The van der Waals surface area contributed by atoms with Crippen LogP contribution in [0, 0.1) is 23.5 Å². The molecule has 0 radical (unpaired) electrons. The van der Waals surface area contributed by atoms with Crippen LogP contribution in [0.15, 0.2) is 18.2 Å². The van der Waals surface area contributed by atoms with E-state index in [1.807, 2.05) is 0 Å². The van der Waals surface area contributed by atoms with Gasteiger partial charge in [-0.2, -0.15) is 0 Å². The Morgan fingerprint density at radius 2 is 1.90 bits per heavy atom. The zero-order chi connectivity index (χ0) is 15.4. The Morgan fingerprint density at radius 3 is 2.52 bits per heavy atom. The first-order chi connectivity index (χ1) is 9.97. The van der Waals surface area contributed by atoms with Gasteiger partial charge in [-0.05, 0) is 43.2 Å². The van der Waals surface area contributed by atoms with Crippen LogP contribution in [0.1, 0.15) is 33.1 Å². The van der Waals surface area contributed by atoms with E-state index < -0.39 is 17.5 Å². The summed E-state index contributed by atoms with van der Waals surface area (Å²) >= 11 is 0. The summed E-state index contributed by atoms with van der Waals surface area (Å²) in [6, 6.07) is 3.80. The number of hydrogen-bond acceptors (Lipinski definition) is 2. The molecule has 0 aromatic heterocycles. The van der Waals surface area contributed by atoms with Crippen molar-refractivity contribution < 1.29 is 13.6 Å². The molecule has 1 aromatic rings. The standard InChI is InChI=1S/C16H22F2N2O/c1-10-6-7-14(11(2)8-10)19-9-15(21)20-16-12(17)4-3-5-13(16)18/h3-5,10-11,14,19H,6-9H2,1-2H3,(H,20,21). The molecule has 3 nitrogen and oxygen atoms in total. The summed E-state index contributed by atoms with van der Waals surface area (Å²) in [4.78, 5) is 11.8. The average molecular weight is 296 g/mol. The first-order valence-corrected chi connectivity index (χ1v) is 7.44. The number of carbonyl (C=O) groups is 1. The van der Waals surface area contributed by atoms with Crippen molar-refractivity contribution >= 4 is 11.6 Å². The van der Waals surface area contributed by atoms with Gasteiger partial charge in [0.1, 0.15) is 17.3 Å². The summed E-state index contributed by atoms with van der Waals surface area (Å²) < 4.78 is 26.9. The van der Waals surface area contributed by atoms with Crippen LogP contribution >= 0.6 is 0 Å². The first kappa shape index (κ1) is 15.9. The highest BCUT2D eigenvalue weighted by atomic mass is 19.1. The van der Waals surface area contributed by atoms with E-state index in [0.29, 0.717) is 5.92 Å². The smallest absolute Gasteiger partial charge is 0.238 e. The van der Waals surface area contributed by atoms with Crippen molar-refractivity contribution in [2.24, 2.45) is 11.8 Å². The number of anilines is 1. The van der Waals surface area contributed by atoms with E-state index in [0.717, 1.165) is 37.3 Å². The van der Waals surface area contributed by atoms with E-state index in [1.54, 1.807) is 0 Å². The van der Waals surface area contributed by atoms with E-state index in [-0.39, 0.29) is 18.3 Å². The van der Waals surface area contributed by atoms with Crippen LogP contribution in [0.2, 0.25) is 0 Å². The molecule has 1 fully saturated rings. The maximum absolute atomic E-state index is 13.4.